The lowest BCUT2D eigenvalue weighted by atomic mass is 10.0. The summed E-state index contributed by atoms with van der Waals surface area (Å²) in [5.74, 6) is 0. The first-order chi connectivity index (χ1) is 14.1. The number of hydrogen-bond donors (Lipinski definition) is 0. The van der Waals surface area contributed by atoms with Crippen LogP contribution < -0.4 is 0 Å². The number of fused-ring (bicyclic) bond motifs is 1. The molecule has 154 valence electrons. The summed E-state index contributed by atoms with van der Waals surface area (Å²) in [6.45, 7) is 7.05. The number of rotatable bonds is 10. The third kappa shape index (κ3) is 5.46. The van der Waals surface area contributed by atoms with E-state index >= 15 is 0 Å². The molecule has 0 aliphatic heterocycles. The van der Waals surface area contributed by atoms with Crippen molar-refractivity contribution < 1.29 is 18.1 Å². The maximum Gasteiger partial charge on any atom is 0.475 e. The fourth-order valence-corrected chi connectivity index (χ4v) is 4.40. The first-order valence-electron chi connectivity index (χ1n) is 9.89. The van der Waals surface area contributed by atoms with Crippen molar-refractivity contribution in [3.05, 3.63) is 78.0 Å². The summed E-state index contributed by atoms with van der Waals surface area (Å²) in [5.41, 5.74) is 4.58. The highest BCUT2D eigenvalue weighted by atomic mass is 31.2. The Hall–Kier alpha value is -2.17. The van der Waals surface area contributed by atoms with Crippen LogP contribution in [0.4, 0.5) is 0 Å². The van der Waals surface area contributed by atoms with Gasteiger partial charge in [-0.3, -0.25) is 13.6 Å². The number of para-hydroxylation sites is 1. The zero-order valence-electron chi connectivity index (χ0n) is 17.2. The molecule has 0 atom stereocenters. The monoisotopic (exact) mass is 413 g/mol. The summed E-state index contributed by atoms with van der Waals surface area (Å²) in [5, 5.41) is 1.18. The van der Waals surface area contributed by atoms with E-state index in [1.54, 1.807) is 13.8 Å². The van der Waals surface area contributed by atoms with Crippen molar-refractivity contribution in [2.45, 2.75) is 27.3 Å². The predicted molar refractivity (Wildman–Crippen MR) is 118 cm³/mol. The molecule has 0 amide bonds. The Morgan fingerprint density at radius 3 is 2.38 bits per heavy atom. The van der Waals surface area contributed by atoms with E-state index in [0.29, 0.717) is 0 Å². The number of phosphoric acid groups is 1. The fourth-order valence-electron chi connectivity index (χ4n) is 3.28. The Balaban J connectivity index is 1.84. The molecule has 0 bridgehead atoms. The van der Waals surface area contributed by atoms with Crippen LogP contribution in [0.3, 0.4) is 0 Å². The minimum atomic E-state index is -3.51. The molecule has 0 fully saturated rings. The zero-order valence-corrected chi connectivity index (χ0v) is 18.1. The second-order valence-corrected chi connectivity index (χ2v) is 8.31. The van der Waals surface area contributed by atoms with Crippen LogP contribution in [0, 0.1) is 0 Å². The van der Waals surface area contributed by atoms with Crippen LogP contribution in [-0.2, 0) is 24.7 Å². The smallest absolute Gasteiger partial charge is 0.343 e. The molecule has 1 heterocycles. The lowest BCUT2D eigenvalue weighted by Gasteiger charge is -2.15. The Bertz CT molecular complexity index is 1000. The van der Waals surface area contributed by atoms with E-state index in [2.05, 4.69) is 53.2 Å². The molecular formula is C23H28NO4P. The van der Waals surface area contributed by atoms with E-state index in [0.717, 1.165) is 17.7 Å². The van der Waals surface area contributed by atoms with Gasteiger partial charge in [0.2, 0.25) is 0 Å². The van der Waals surface area contributed by atoms with Crippen LogP contribution in [0.15, 0.2) is 66.9 Å². The Kier molecular flexibility index (Phi) is 7.45. The quantitative estimate of drug-likeness (QED) is 0.367. The average Bonchev–Trinajstić information content (AvgIpc) is 3.12. The third-order valence-corrected chi connectivity index (χ3v) is 6.22. The predicted octanol–water partition coefficient (Wildman–Crippen LogP) is 6.29. The SMILES string of the molecule is CCOP(=O)(OCC)OC/C=C(\C)c1cccc2ccn(Cc3ccccc3)c12. The van der Waals surface area contributed by atoms with Gasteiger partial charge in [-0.1, -0.05) is 54.6 Å². The van der Waals surface area contributed by atoms with Gasteiger partial charge in [-0.15, -0.1) is 0 Å². The van der Waals surface area contributed by atoms with Crippen molar-refractivity contribution in [1.82, 2.24) is 4.57 Å². The van der Waals surface area contributed by atoms with Crippen LogP contribution in [0.5, 0.6) is 0 Å². The first kappa shape index (κ1) is 21.5. The molecule has 6 heteroatoms. The molecule has 0 aliphatic rings. The molecule has 0 saturated heterocycles. The van der Waals surface area contributed by atoms with Gasteiger partial charge in [-0.05, 0) is 38.0 Å². The number of benzene rings is 2. The molecule has 0 saturated carbocycles. The van der Waals surface area contributed by atoms with Gasteiger partial charge in [0.15, 0.2) is 0 Å². The van der Waals surface area contributed by atoms with Crippen LogP contribution >= 0.6 is 7.82 Å². The van der Waals surface area contributed by atoms with Crippen molar-refractivity contribution in [3.63, 3.8) is 0 Å². The summed E-state index contributed by atoms with van der Waals surface area (Å²) in [4.78, 5) is 0. The van der Waals surface area contributed by atoms with Crippen molar-refractivity contribution >= 4 is 24.3 Å². The first-order valence-corrected chi connectivity index (χ1v) is 11.3. The maximum absolute atomic E-state index is 12.5. The van der Waals surface area contributed by atoms with Crippen molar-refractivity contribution in [3.8, 4) is 0 Å². The summed E-state index contributed by atoms with van der Waals surface area (Å²) in [6, 6.07) is 18.8. The number of phosphoric ester groups is 1. The summed E-state index contributed by atoms with van der Waals surface area (Å²) >= 11 is 0. The highest BCUT2D eigenvalue weighted by Crippen LogP contribution is 2.49. The van der Waals surface area contributed by atoms with E-state index < -0.39 is 7.82 Å². The summed E-state index contributed by atoms with van der Waals surface area (Å²) in [7, 11) is -3.51. The minimum Gasteiger partial charge on any atom is -0.343 e. The van der Waals surface area contributed by atoms with Gasteiger partial charge in [0.1, 0.15) is 0 Å². The van der Waals surface area contributed by atoms with Crippen molar-refractivity contribution in [2.24, 2.45) is 0 Å². The number of aromatic nitrogens is 1. The van der Waals surface area contributed by atoms with Gasteiger partial charge in [0.05, 0.1) is 25.3 Å². The molecule has 0 spiro atoms. The third-order valence-electron chi connectivity index (χ3n) is 4.61. The normalized spacial score (nSPS) is 12.6. The molecule has 3 aromatic rings. The van der Waals surface area contributed by atoms with E-state index in [1.807, 2.05) is 25.1 Å². The Morgan fingerprint density at radius 1 is 0.966 bits per heavy atom. The number of allylic oxidation sites excluding steroid dienone is 1. The average molecular weight is 413 g/mol. The van der Waals surface area contributed by atoms with E-state index in [9.17, 15) is 4.57 Å². The molecule has 0 N–H and O–H groups in total. The Labute approximate surface area is 172 Å². The van der Waals surface area contributed by atoms with E-state index in [-0.39, 0.29) is 19.8 Å². The molecule has 0 aliphatic carbocycles. The largest absolute Gasteiger partial charge is 0.475 e. The lowest BCUT2D eigenvalue weighted by Crippen LogP contribution is -2.01. The van der Waals surface area contributed by atoms with Gasteiger partial charge < -0.3 is 4.57 Å². The fraction of sp³-hybridized carbons (Fsp3) is 0.304. The van der Waals surface area contributed by atoms with E-state index in [4.69, 9.17) is 13.6 Å². The number of hydrogen-bond acceptors (Lipinski definition) is 4. The molecule has 3 rings (SSSR count). The van der Waals surface area contributed by atoms with Crippen LogP contribution in [0.1, 0.15) is 31.9 Å². The molecule has 29 heavy (non-hydrogen) atoms. The van der Waals surface area contributed by atoms with Crippen LogP contribution in [0.2, 0.25) is 0 Å². The standard InChI is InChI=1S/C23H28NO4P/c1-4-26-29(25,27-5-2)28-17-15-19(3)22-13-9-12-21-14-16-24(23(21)22)18-20-10-7-6-8-11-20/h6-16H,4-5,17-18H2,1-3H3/b19-15+. The molecule has 2 aromatic carbocycles. The van der Waals surface area contributed by atoms with E-state index in [1.165, 1.54) is 16.5 Å². The number of nitrogens with zero attached hydrogens (tertiary/aromatic N) is 1. The molecule has 0 unspecified atom stereocenters. The second-order valence-electron chi connectivity index (χ2n) is 6.64. The van der Waals surface area contributed by atoms with Crippen LogP contribution in [-0.4, -0.2) is 24.4 Å². The van der Waals surface area contributed by atoms with Gasteiger partial charge in [0, 0.05) is 23.7 Å². The van der Waals surface area contributed by atoms with Crippen molar-refractivity contribution in [2.75, 3.05) is 19.8 Å². The van der Waals surface area contributed by atoms with Gasteiger partial charge >= 0.3 is 7.82 Å². The van der Waals surface area contributed by atoms with Gasteiger partial charge in [-0.25, -0.2) is 4.57 Å². The Morgan fingerprint density at radius 2 is 1.69 bits per heavy atom. The lowest BCUT2D eigenvalue weighted by molar-refractivity contribution is 0.131. The molecule has 1 aromatic heterocycles. The topological polar surface area (TPSA) is 49.7 Å². The highest BCUT2D eigenvalue weighted by Gasteiger charge is 2.24. The highest BCUT2D eigenvalue weighted by molar-refractivity contribution is 7.48. The van der Waals surface area contributed by atoms with Gasteiger partial charge in [-0.2, -0.15) is 0 Å². The minimum absolute atomic E-state index is 0.152. The zero-order chi connectivity index (χ0) is 20.7. The van der Waals surface area contributed by atoms with Gasteiger partial charge in [0.25, 0.3) is 0 Å². The summed E-state index contributed by atoms with van der Waals surface area (Å²) < 4.78 is 30.5. The molecule has 5 nitrogen and oxygen atoms in total. The molecule has 0 radical (unpaired) electrons. The summed E-state index contributed by atoms with van der Waals surface area (Å²) in [6.07, 6.45) is 4.03. The molecular weight excluding hydrogens is 385 g/mol. The van der Waals surface area contributed by atoms with Crippen molar-refractivity contribution in [1.29, 1.82) is 0 Å². The van der Waals surface area contributed by atoms with Crippen LogP contribution in [0.25, 0.3) is 16.5 Å². The maximum atomic E-state index is 12.5. The second kappa shape index (κ2) is 10.0.